The molecule has 2 aromatic heterocycles. The molecule has 56 heavy (non-hydrogen) atoms. The first-order valence-corrected chi connectivity index (χ1v) is 21.3. The number of hydrogen-bond donors (Lipinski definition) is 0. The van der Waals surface area contributed by atoms with Gasteiger partial charge in [0.05, 0.1) is 21.0 Å². The van der Waals surface area contributed by atoms with Crippen LogP contribution in [0.2, 0.25) is 0 Å². The quantitative estimate of drug-likeness (QED) is 0.120. The molecule has 1 atom stereocenters. The third kappa shape index (κ3) is 6.74. The number of fused-ring (bicyclic) bond motifs is 2. The number of aryl methyl sites for hydroxylation is 2. The van der Waals surface area contributed by atoms with Gasteiger partial charge < -0.3 is 4.90 Å². The molecule has 4 heterocycles. The van der Waals surface area contributed by atoms with E-state index in [1.807, 2.05) is 44.2 Å². The highest BCUT2D eigenvalue weighted by molar-refractivity contribution is 7.90. The maximum Gasteiger partial charge on any atom is 0.289 e. The number of hydrogen-bond acceptors (Lipinski definition) is 10. The highest BCUT2D eigenvalue weighted by atomic mass is 32.2. The third-order valence-corrected chi connectivity index (χ3v) is 14.4. The molecular formula is C41H41N7O6S2. The predicted molar refractivity (Wildman–Crippen MR) is 214 cm³/mol. The van der Waals surface area contributed by atoms with E-state index >= 15 is 0 Å². The summed E-state index contributed by atoms with van der Waals surface area (Å²) in [5.74, 6) is 1.15. The first-order chi connectivity index (χ1) is 26.8. The van der Waals surface area contributed by atoms with Gasteiger partial charge >= 0.3 is 0 Å². The summed E-state index contributed by atoms with van der Waals surface area (Å²) in [6.07, 6.45) is 2.30. The second-order valence-electron chi connectivity index (χ2n) is 14.5. The highest BCUT2D eigenvalue weighted by Gasteiger charge is 2.39. The van der Waals surface area contributed by atoms with Crippen LogP contribution in [-0.2, 0) is 39.6 Å². The zero-order chi connectivity index (χ0) is 39.4. The van der Waals surface area contributed by atoms with Crippen molar-refractivity contribution in [1.82, 2.24) is 23.1 Å². The standard InChI is InChI=1S/C41H41N7O6S2/c1-28-16-18-32(19-17-28)55(51,52)47-24-29(2)39-33(12-9-14-37(39)47)40-42-35-20-21-44(26-31-10-5-4-6-11-31)27-34(35)41(43-40)45-22-23-46(30(3)25-45)56(53,54)38-15-8-7-13-36(38)48(49)50/h4-19,24,30H,20-23,25-27H2,1-3H3. The van der Waals surface area contributed by atoms with Gasteiger partial charge in [0.1, 0.15) is 5.82 Å². The van der Waals surface area contributed by atoms with Crippen LogP contribution in [0, 0.1) is 24.0 Å². The molecule has 0 aliphatic carbocycles. The number of nitrogens with zero attached hydrogens (tertiary/aromatic N) is 7. The summed E-state index contributed by atoms with van der Waals surface area (Å²) in [6, 6.07) is 27.4. The highest BCUT2D eigenvalue weighted by Crippen LogP contribution is 2.37. The number of nitro benzene ring substituents is 1. The van der Waals surface area contributed by atoms with E-state index in [9.17, 15) is 26.9 Å². The van der Waals surface area contributed by atoms with E-state index in [2.05, 4.69) is 21.9 Å². The van der Waals surface area contributed by atoms with E-state index in [1.165, 1.54) is 38.1 Å². The minimum Gasteiger partial charge on any atom is -0.353 e. The lowest BCUT2D eigenvalue weighted by Crippen LogP contribution is -2.54. The van der Waals surface area contributed by atoms with Crippen molar-refractivity contribution in [3.8, 4) is 11.4 Å². The van der Waals surface area contributed by atoms with Crippen LogP contribution in [0.4, 0.5) is 11.5 Å². The van der Waals surface area contributed by atoms with Gasteiger partial charge in [-0.25, -0.2) is 30.8 Å². The molecule has 2 aliphatic rings. The van der Waals surface area contributed by atoms with Gasteiger partial charge in [0.25, 0.3) is 15.7 Å². The fourth-order valence-electron chi connectivity index (χ4n) is 7.91. The third-order valence-electron chi connectivity index (χ3n) is 10.7. The van der Waals surface area contributed by atoms with Gasteiger partial charge in [0.2, 0.25) is 10.0 Å². The van der Waals surface area contributed by atoms with Crippen LogP contribution in [0.1, 0.15) is 34.9 Å². The average Bonchev–Trinajstić information content (AvgIpc) is 3.55. The number of piperazine rings is 1. The number of para-hydroxylation sites is 1. The van der Waals surface area contributed by atoms with Crippen LogP contribution in [0.5, 0.6) is 0 Å². The number of benzene rings is 4. The van der Waals surface area contributed by atoms with Crippen molar-refractivity contribution in [2.75, 3.05) is 31.1 Å². The maximum atomic E-state index is 13.9. The Morgan fingerprint density at radius 3 is 2.29 bits per heavy atom. The molecule has 4 aromatic carbocycles. The normalized spacial score (nSPS) is 16.9. The van der Waals surface area contributed by atoms with E-state index < -0.39 is 36.7 Å². The van der Waals surface area contributed by atoms with Crippen molar-refractivity contribution in [1.29, 1.82) is 0 Å². The SMILES string of the molecule is Cc1ccc(S(=O)(=O)n2cc(C)c3c(-c4nc5c(c(N6CCN(S(=O)(=O)c7ccccc7[N+](=O)[O-])C(C)C6)n4)CN(Cc4ccccc4)CC5)cccc32)cc1. The Kier molecular flexibility index (Phi) is 9.73. The van der Waals surface area contributed by atoms with Crippen molar-refractivity contribution in [3.05, 3.63) is 141 Å². The molecule has 0 radical (unpaired) electrons. The average molecular weight is 792 g/mol. The van der Waals surface area contributed by atoms with Crippen LogP contribution in [0.15, 0.2) is 113 Å². The fourth-order valence-corrected chi connectivity index (χ4v) is 11.1. The second kappa shape index (κ2) is 14.5. The van der Waals surface area contributed by atoms with Crippen molar-refractivity contribution in [2.24, 2.45) is 0 Å². The van der Waals surface area contributed by atoms with Gasteiger partial charge in [-0.05, 0) is 56.2 Å². The van der Waals surface area contributed by atoms with Gasteiger partial charge in [0, 0.05) is 80.5 Å². The summed E-state index contributed by atoms with van der Waals surface area (Å²) in [4.78, 5) is 25.8. The molecule has 0 bridgehead atoms. The van der Waals surface area contributed by atoms with Crippen LogP contribution in [0.25, 0.3) is 22.3 Å². The second-order valence-corrected chi connectivity index (χ2v) is 18.2. The maximum absolute atomic E-state index is 13.9. The molecular weight excluding hydrogens is 751 g/mol. The molecule has 0 spiro atoms. The summed E-state index contributed by atoms with van der Waals surface area (Å²) >= 11 is 0. The summed E-state index contributed by atoms with van der Waals surface area (Å²) in [6.45, 7) is 8.35. The smallest absolute Gasteiger partial charge is 0.289 e. The molecule has 0 amide bonds. The lowest BCUT2D eigenvalue weighted by molar-refractivity contribution is -0.387. The molecule has 288 valence electrons. The lowest BCUT2D eigenvalue weighted by atomic mass is 10.0. The van der Waals surface area contributed by atoms with Gasteiger partial charge in [-0.2, -0.15) is 4.31 Å². The van der Waals surface area contributed by atoms with Crippen LogP contribution in [-0.4, -0.2) is 77.1 Å². The molecule has 1 fully saturated rings. The van der Waals surface area contributed by atoms with Crippen LogP contribution >= 0.6 is 0 Å². The number of nitro groups is 1. The Morgan fingerprint density at radius 1 is 0.821 bits per heavy atom. The van der Waals surface area contributed by atoms with Gasteiger partial charge in [-0.3, -0.25) is 15.0 Å². The summed E-state index contributed by atoms with van der Waals surface area (Å²) in [5.41, 5.74) is 5.50. The molecule has 15 heteroatoms. The number of aromatic nitrogens is 3. The molecule has 0 N–H and O–H groups in total. The minimum absolute atomic E-state index is 0.0891. The Labute approximate surface area is 326 Å². The van der Waals surface area contributed by atoms with Crippen LogP contribution < -0.4 is 4.90 Å². The summed E-state index contributed by atoms with van der Waals surface area (Å²) in [5, 5.41) is 12.5. The molecule has 2 aliphatic heterocycles. The summed E-state index contributed by atoms with van der Waals surface area (Å²) < 4.78 is 58.4. The fraction of sp³-hybridized carbons (Fsp3) is 0.268. The predicted octanol–water partition coefficient (Wildman–Crippen LogP) is 6.32. The van der Waals surface area contributed by atoms with Crippen molar-refractivity contribution in [2.45, 2.75) is 56.1 Å². The Bertz CT molecular complexity index is 2700. The molecule has 0 saturated carbocycles. The van der Waals surface area contributed by atoms with Gasteiger partial charge in [0.15, 0.2) is 10.7 Å². The molecule has 6 aromatic rings. The lowest BCUT2D eigenvalue weighted by Gasteiger charge is -2.41. The summed E-state index contributed by atoms with van der Waals surface area (Å²) in [7, 11) is -8.11. The minimum atomic E-state index is -4.19. The Hall–Kier alpha value is -5.48. The van der Waals surface area contributed by atoms with Crippen molar-refractivity contribution < 1.29 is 21.8 Å². The topological polar surface area (TPSA) is 152 Å². The van der Waals surface area contributed by atoms with E-state index in [1.54, 1.807) is 43.5 Å². The zero-order valence-corrected chi connectivity index (χ0v) is 32.9. The number of rotatable bonds is 9. The van der Waals surface area contributed by atoms with E-state index in [0.717, 1.165) is 40.9 Å². The van der Waals surface area contributed by atoms with E-state index in [-0.39, 0.29) is 22.9 Å². The molecule has 1 saturated heterocycles. The van der Waals surface area contributed by atoms with E-state index in [0.29, 0.717) is 42.2 Å². The monoisotopic (exact) mass is 791 g/mol. The first kappa shape index (κ1) is 37.4. The zero-order valence-electron chi connectivity index (χ0n) is 31.2. The molecule has 8 rings (SSSR count). The number of anilines is 1. The van der Waals surface area contributed by atoms with E-state index in [4.69, 9.17) is 9.97 Å². The van der Waals surface area contributed by atoms with Gasteiger partial charge in [-0.1, -0.05) is 72.3 Å². The Morgan fingerprint density at radius 2 is 1.55 bits per heavy atom. The van der Waals surface area contributed by atoms with Crippen molar-refractivity contribution in [3.63, 3.8) is 0 Å². The molecule has 13 nitrogen and oxygen atoms in total. The first-order valence-electron chi connectivity index (χ1n) is 18.4. The Balaban J connectivity index is 1.20. The van der Waals surface area contributed by atoms with Crippen LogP contribution in [0.3, 0.4) is 0 Å². The van der Waals surface area contributed by atoms with Crippen molar-refractivity contribution >= 4 is 42.5 Å². The number of sulfonamides is 1. The molecule has 1 unspecified atom stereocenters. The largest absolute Gasteiger partial charge is 0.353 e. The van der Waals surface area contributed by atoms with Gasteiger partial charge in [-0.15, -0.1) is 0 Å².